The van der Waals surface area contributed by atoms with E-state index in [0.29, 0.717) is 0 Å². The van der Waals surface area contributed by atoms with Gasteiger partial charge in [0.15, 0.2) is 0 Å². The lowest BCUT2D eigenvalue weighted by molar-refractivity contribution is -0.152. The molecule has 126 valence electrons. The van der Waals surface area contributed by atoms with Gasteiger partial charge in [0, 0.05) is 5.92 Å². The maximum atomic E-state index is 12.8. The van der Waals surface area contributed by atoms with Crippen molar-refractivity contribution in [2.24, 2.45) is 5.41 Å². The maximum absolute atomic E-state index is 12.8. The molecule has 0 N–H and O–H groups in total. The van der Waals surface area contributed by atoms with Gasteiger partial charge in [0.25, 0.3) is 0 Å². The van der Waals surface area contributed by atoms with Gasteiger partial charge >= 0.3 is 5.97 Å². The average molecular weight is 330 g/mol. The second-order valence-electron chi connectivity index (χ2n) is 7.39. The Bertz CT molecular complexity index is 857. The summed E-state index contributed by atoms with van der Waals surface area (Å²) in [5.74, 6) is 0.745. The SMILES string of the molecule is CC1(C)C(=O)OC2=C(CCC2=Cc2ccccc2)C1c1ccccc1. The van der Waals surface area contributed by atoms with Gasteiger partial charge in [-0.3, -0.25) is 4.79 Å². The van der Waals surface area contributed by atoms with Gasteiger partial charge in [-0.1, -0.05) is 60.7 Å². The van der Waals surface area contributed by atoms with Crippen molar-refractivity contribution >= 4 is 12.0 Å². The van der Waals surface area contributed by atoms with E-state index in [-0.39, 0.29) is 11.9 Å². The summed E-state index contributed by atoms with van der Waals surface area (Å²) in [4.78, 5) is 12.8. The molecule has 1 heterocycles. The Labute approximate surface area is 148 Å². The van der Waals surface area contributed by atoms with Gasteiger partial charge in [-0.25, -0.2) is 0 Å². The highest BCUT2D eigenvalue weighted by Gasteiger charge is 2.48. The molecule has 1 aliphatic heterocycles. The van der Waals surface area contributed by atoms with Crippen molar-refractivity contribution in [2.75, 3.05) is 0 Å². The molecular formula is C23H22O2. The number of esters is 1. The monoisotopic (exact) mass is 330 g/mol. The fraction of sp³-hybridized carbons (Fsp3) is 0.261. The number of hydrogen-bond donors (Lipinski definition) is 0. The van der Waals surface area contributed by atoms with Crippen molar-refractivity contribution in [2.45, 2.75) is 32.6 Å². The molecule has 4 rings (SSSR count). The number of ether oxygens (including phenoxy) is 1. The van der Waals surface area contributed by atoms with Crippen molar-refractivity contribution in [3.05, 3.63) is 88.7 Å². The van der Waals surface area contributed by atoms with Gasteiger partial charge in [-0.15, -0.1) is 0 Å². The van der Waals surface area contributed by atoms with Crippen LogP contribution in [0.5, 0.6) is 0 Å². The van der Waals surface area contributed by atoms with E-state index in [2.05, 4.69) is 30.3 Å². The largest absolute Gasteiger partial charge is 0.426 e. The van der Waals surface area contributed by atoms with E-state index < -0.39 is 5.41 Å². The van der Waals surface area contributed by atoms with Gasteiger partial charge < -0.3 is 4.74 Å². The highest BCUT2D eigenvalue weighted by Crippen LogP contribution is 2.53. The predicted molar refractivity (Wildman–Crippen MR) is 99.7 cm³/mol. The standard InChI is InChI=1S/C23H22O2/c1-23(2)20(17-11-7-4-8-12-17)19-14-13-18(21(19)25-22(23)24)15-16-9-5-3-6-10-16/h3-12,15,20H,13-14H2,1-2H3. The number of benzene rings is 2. The van der Waals surface area contributed by atoms with E-state index in [0.717, 1.165) is 29.7 Å². The van der Waals surface area contributed by atoms with Gasteiger partial charge in [0.2, 0.25) is 0 Å². The van der Waals surface area contributed by atoms with Crippen LogP contribution in [-0.4, -0.2) is 5.97 Å². The van der Waals surface area contributed by atoms with E-state index in [1.807, 2.05) is 50.2 Å². The molecule has 2 heteroatoms. The van der Waals surface area contributed by atoms with Crippen LogP contribution in [0.3, 0.4) is 0 Å². The predicted octanol–water partition coefficient (Wildman–Crippen LogP) is 5.48. The van der Waals surface area contributed by atoms with Crippen LogP contribution in [0.4, 0.5) is 0 Å². The Morgan fingerprint density at radius 1 is 0.960 bits per heavy atom. The molecule has 0 spiro atoms. The minimum absolute atomic E-state index is 0.0756. The summed E-state index contributed by atoms with van der Waals surface area (Å²) in [6, 6.07) is 20.6. The third-order valence-electron chi connectivity index (χ3n) is 5.31. The van der Waals surface area contributed by atoms with Crippen LogP contribution in [0, 0.1) is 5.41 Å². The summed E-state index contributed by atoms with van der Waals surface area (Å²) in [5.41, 5.74) is 4.17. The molecule has 2 aromatic carbocycles. The summed E-state index contributed by atoms with van der Waals surface area (Å²) in [6.45, 7) is 3.99. The lowest BCUT2D eigenvalue weighted by atomic mass is 9.69. The Kier molecular flexibility index (Phi) is 3.84. The number of carbonyl (C=O) groups is 1. The first-order valence-electron chi connectivity index (χ1n) is 8.83. The molecule has 25 heavy (non-hydrogen) atoms. The van der Waals surface area contributed by atoms with E-state index in [1.54, 1.807) is 0 Å². The number of allylic oxidation sites excluding steroid dienone is 2. The van der Waals surface area contributed by atoms with Crippen LogP contribution in [-0.2, 0) is 9.53 Å². The zero-order valence-electron chi connectivity index (χ0n) is 14.7. The Morgan fingerprint density at radius 3 is 2.28 bits per heavy atom. The highest BCUT2D eigenvalue weighted by molar-refractivity contribution is 5.83. The molecule has 2 aliphatic rings. The third-order valence-corrected chi connectivity index (χ3v) is 5.31. The average Bonchev–Trinajstić information content (AvgIpc) is 2.99. The summed E-state index contributed by atoms with van der Waals surface area (Å²) in [5, 5.41) is 0. The highest BCUT2D eigenvalue weighted by atomic mass is 16.5. The lowest BCUT2D eigenvalue weighted by Gasteiger charge is -2.38. The second kappa shape index (κ2) is 6.03. The maximum Gasteiger partial charge on any atom is 0.317 e. The Morgan fingerprint density at radius 2 is 1.60 bits per heavy atom. The minimum Gasteiger partial charge on any atom is -0.426 e. The first kappa shape index (κ1) is 15.9. The van der Waals surface area contributed by atoms with Crippen LogP contribution in [0.2, 0.25) is 0 Å². The van der Waals surface area contributed by atoms with Crippen molar-refractivity contribution in [1.82, 2.24) is 0 Å². The summed E-state index contributed by atoms with van der Waals surface area (Å²) in [6.07, 6.45) is 4.02. The van der Waals surface area contributed by atoms with Crippen LogP contribution in [0.15, 0.2) is 77.6 Å². The molecular weight excluding hydrogens is 308 g/mol. The normalized spacial score (nSPS) is 23.5. The zero-order valence-corrected chi connectivity index (χ0v) is 14.7. The molecule has 0 aromatic heterocycles. The van der Waals surface area contributed by atoms with Gasteiger partial charge in [-0.05, 0) is 55.0 Å². The molecule has 0 fully saturated rings. The van der Waals surface area contributed by atoms with E-state index in [4.69, 9.17) is 4.74 Å². The van der Waals surface area contributed by atoms with Gasteiger partial charge in [-0.2, -0.15) is 0 Å². The summed E-state index contributed by atoms with van der Waals surface area (Å²) in [7, 11) is 0. The molecule has 0 saturated carbocycles. The zero-order chi connectivity index (χ0) is 17.4. The fourth-order valence-electron chi connectivity index (χ4n) is 4.04. The van der Waals surface area contributed by atoms with Crippen LogP contribution in [0.1, 0.15) is 43.7 Å². The van der Waals surface area contributed by atoms with Crippen LogP contribution < -0.4 is 0 Å². The van der Waals surface area contributed by atoms with E-state index >= 15 is 0 Å². The fourth-order valence-corrected chi connectivity index (χ4v) is 4.04. The van der Waals surface area contributed by atoms with Crippen LogP contribution >= 0.6 is 0 Å². The van der Waals surface area contributed by atoms with Crippen molar-refractivity contribution in [3.8, 4) is 0 Å². The molecule has 0 saturated heterocycles. The van der Waals surface area contributed by atoms with Gasteiger partial charge in [0.1, 0.15) is 5.76 Å². The number of carbonyl (C=O) groups excluding carboxylic acids is 1. The quantitative estimate of drug-likeness (QED) is 0.681. The molecule has 0 amide bonds. The topological polar surface area (TPSA) is 26.3 Å². The molecule has 2 nitrogen and oxygen atoms in total. The lowest BCUT2D eigenvalue weighted by Crippen LogP contribution is -2.37. The molecule has 0 bridgehead atoms. The van der Waals surface area contributed by atoms with Crippen LogP contribution in [0.25, 0.3) is 6.08 Å². The smallest absolute Gasteiger partial charge is 0.317 e. The minimum atomic E-state index is -0.553. The van der Waals surface area contributed by atoms with Crippen molar-refractivity contribution < 1.29 is 9.53 Å². The van der Waals surface area contributed by atoms with E-state index in [1.165, 1.54) is 11.1 Å². The van der Waals surface area contributed by atoms with Crippen molar-refractivity contribution in [1.29, 1.82) is 0 Å². The molecule has 1 atom stereocenters. The Balaban J connectivity index is 1.82. The Hall–Kier alpha value is -2.61. The third kappa shape index (κ3) is 2.72. The molecule has 0 radical (unpaired) electrons. The molecule has 1 unspecified atom stereocenters. The first-order chi connectivity index (χ1) is 12.1. The molecule has 2 aromatic rings. The molecule has 1 aliphatic carbocycles. The summed E-state index contributed by atoms with van der Waals surface area (Å²) < 4.78 is 5.83. The second-order valence-corrected chi connectivity index (χ2v) is 7.39. The number of rotatable bonds is 2. The van der Waals surface area contributed by atoms with Crippen molar-refractivity contribution in [3.63, 3.8) is 0 Å². The van der Waals surface area contributed by atoms with E-state index in [9.17, 15) is 4.79 Å². The summed E-state index contributed by atoms with van der Waals surface area (Å²) >= 11 is 0. The van der Waals surface area contributed by atoms with Gasteiger partial charge in [0.05, 0.1) is 5.41 Å². The first-order valence-corrected chi connectivity index (χ1v) is 8.83. The number of hydrogen-bond acceptors (Lipinski definition) is 2.